The van der Waals surface area contributed by atoms with Gasteiger partial charge in [0.15, 0.2) is 21.4 Å². The molecule has 0 saturated carbocycles. The summed E-state index contributed by atoms with van der Waals surface area (Å²) >= 11 is 0. The van der Waals surface area contributed by atoms with Crippen LogP contribution >= 0.6 is 0 Å². The second-order valence-electron chi connectivity index (χ2n) is 2.70. The first kappa shape index (κ1) is 11.0. The summed E-state index contributed by atoms with van der Waals surface area (Å²) in [6, 6.07) is 3.61. The van der Waals surface area contributed by atoms with Crippen LogP contribution < -0.4 is 4.74 Å². The molecule has 0 unspecified atom stereocenters. The summed E-state index contributed by atoms with van der Waals surface area (Å²) < 4.78 is 40.5. The Hall–Kier alpha value is -1.10. The minimum absolute atomic E-state index is 0.0155. The average Bonchev–Trinajstić information content (AvgIpc) is 2.17. The van der Waals surface area contributed by atoms with Gasteiger partial charge >= 0.3 is 0 Å². The van der Waals surface area contributed by atoms with Crippen molar-refractivity contribution in [3.63, 3.8) is 0 Å². The molecule has 0 spiro atoms. The van der Waals surface area contributed by atoms with Crippen molar-refractivity contribution >= 4 is 9.84 Å². The number of methoxy groups -OCH3 is 1. The van der Waals surface area contributed by atoms with E-state index in [-0.39, 0.29) is 16.4 Å². The van der Waals surface area contributed by atoms with Crippen LogP contribution in [-0.4, -0.2) is 21.3 Å². The zero-order valence-electron chi connectivity index (χ0n) is 7.95. The molecule has 1 rings (SSSR count). The minimum Gasteiger partial charge on any atom is -0.494 e. The fourth-order valence-corrected chi connectivity index (χ4v) is 1.90. The van der Waals surface area contributed by atoms with Crippen molar-refractivity contribution in [2.24, 2.45) is 0 Å². The minimum atomic E-state index is -3.34. The summed E-state index contributed by atoms with van der Waals surface area (Å²) in [5, 5.41) is 0. The van der Waals surface area contributed by atoms with Crippen molar-refractivity contribution in [1.82, 2.24) is 0 Å². The third kappa shape index (κ3) is 2.04. The van der Waals surface area contributed by atoms with Crippen molar-refractivity contribution in [2.45, 2.75) is 11.8 Å². The third-order valence-corrected chi connectivity index (χ3v) is 3.59. The maximum absolute atomic E-state index is 13.1. The molecule has 5 heteroatoms. The predicted octanol–water partition coefficient (Wildman–Crippen LogP) is 1.63. The van der Waals surface area contributed by atoms with Crippen LogP contribution in [-0.2, 0) is 9.84 Å². The van der Waals surface area contributed by atoms with Crippen molar-refractivity contribution in [2.75, 3.05) is 12.9 Å². The van der Waals surface area contributed by atoms with Crippen LogP contribution in [0.3, 0.4) is 0 Å². The van der Waals surface area contributed by atoms with Gasteiger partial charge in [-0.3, -0.25) is 0 Å². The van der Waals surface area contributed by atoms with E-state index in [4.69, 9.17) is 0 Å². The monoisotopic (exact) mass is 218 g/mol. The van der Waals surface area contributed by atoms with Gasteiger partial charge in [0, 0.05) is 0 Å². The highest BCUT2D eigenvalue weighted by Gasteiger charge is 2.14. The van der Waals surface area contributed by atoms with Gasteiger partial charge in [-0.1, -0.05) is 6.92 Å². The fraction of sp³-hybridized carbons (Fsp3) is 0.333. The third-order valence-electron chi connectivity index (χ3n) is 1.86. The van der Waals surface area contributed by atoms with Gasteiger partial charge in [-0.2, -0.15) is 0 Å². The van der Waals surface area contributed by atoms with Gasteiger partial charge in [-0.25, -0.2) is 12.8 Å². The summed E-state index contributed by atoms with van der Waals surface area (Å²) in [6.45, 7) is 1.51. The quantitative estimate of drug-likeness (QED) is 0.774. The molecule has 3 nitrogen and oxygen atoms in total. The molecule has 0 saturated heterocycles. The molecule has 0 atom stereocenters. The van der Waals surface area contributed by atoms with Crippen LogP contribution in [0.4, 0.5) is 4.39 Å². The molecular formula is C9H11FO3S. The normalized spacial score (nSPS) is 11.4. The molecule has 0 aliphatic rings. The van der Waals surface area contributed by atoms with Gasteiger partial charge < -0.3 is 4.74 Å². The van der Waals surface area contributed by atoms with E-state index in [1.165, 1.54) is 26.2 Å². The SMILES string of the molecule is CCS(=O)(=O)c1ccc(OC)c(F)c1. The highest BCUT2D eigenvalue weighted by atomic mass is 32.2. The molecule has 78 valence electrons. The first-order valence-corrected chi connectivity index (χ1v) is 5.72. The summed E-state index contributed by atoms with van der Waals surface area (Å²) in [5.41, 5.74) is 0. The van der Waals surface area contributed by atoms with Gasteiger partial charge in [-0.15, -0.1) is 0 Å². The van der Waals surface area contributed by atoms with Crippen molar-refractivity contribution in [1.29, 1.82) is 0 Å². The van der Waals surface area contributed by atoms with E-state index in [9.17, 15) is 12.8 Å². The van der Waals surface area contributed by atoms with Crippen LogP contribution in [0.25, 0.3) is 0 Å². The lowest BCUT2D eigenvalue weighted by Crippen LogP contribution is -2.04. The van der Waals surface area contributed by atoms with Crippen molar-refractivity contribution in [3.05, 3.63) is 24.0 Å². The first-order chi connectivity index (χ1) is 6.51. The molecule has 0 heterocycles. The van der Waals surface area contributed by atoms with Gasteiger partial charge in [0.25, 0.3) is 0 Å². The Labute approximate surface area is 82.4 Å². The van der Waals surface area contributed by atoms with Crippen LogP contribution in [0, 0.1) is 5.82 Å². The molecule has 1 aromatic carbocycles. The van der Waals surface area contributed by atoms with Crippen LogP contribution in [0.1, 0.15) is 6.92 Å². The molecule has 0 N–H and O–H groups in total. The van der Waals surface area contributed by atoms with Crippen molar-refractivity contribution < 1.29 is 17.5 Å². The molecule has 0 bridgehead atoms. The molecule has 0 aliphatic heterocycles. The smallest absolute Gasteiger partial charge is 0.178 e. The number of ether oxygens (including phenoxy) is 1. The predicted molar refractivity (Wildman–Crippen MR) is 50.7 cm³/mol. The average molecular weight is 218 g/mol. The zero-order chi connectivity index (χ0) is 10.8. The van der Waals surface area contributed by atoms with E-state index < -0.39 is 15.7 Å². The van der Waals surface area contributed by atoms with Gasteiger partial charge in [0.1, 0.15) is 0 Å². The lowest BCUT2D eigenvalue weighted by molar-refractivity contribution is 0.385. The van der Waals surface area contributed by atoms with Crippen LogP contribution in [0.5, 0.6) is 5.75 Å². The molecule has 0 amide bonds. The second-order valence-corrected chi connectivity index (χ2v) is 4.98. The van der Waals surface area contributed by atoms with Gasteiger partial charge in [0.2, 0.25) is 0 Å². The lowest BCUT2D eigenvalue weighted by Gasteiger charge is -2.04. The second kappa shape index (κ2) is 3.96. The maximum Gasteiger partial charge on any atom is 0.178 e. The summed E-state index contributed by atoms with van der Waals surface area (Å²) in [4.78, 5) is -0.0155. The Kier molecular flexibility index (Phi) is 3.10. The van der Waals surface area contributed by atoms with Gasteiger partial charge in [-0.05, 0) is 18.2 Å². The van der Waals surface area contributed by atoms with E-state index in [2.05, 4.69) is 4.74 Å². The summed E-state index contributed by atoms with van der Waals surface area (Å²) in [5.74, 6) is -0.666. The number of benzene rings is 1. The Morgan fingerprint density at radius 3 is 2.50 bits per heavy atom. The first-order valence-electron chi connectivity index (χ1n) is 4.07. The molecule has 0 radical (unpaired) electrons. The standard InChI is InChI=1S/C9H11FO3S/c1-3-14(11,12)7-4-5-9(13-2)8(10)6-7/h4-6H,3H2,1-2H3. The Morgan fingerprint density at radius 2 is 2.07 bits per heavy atom. The van der Waals surface area contributed by atoms with Crippen LogP contribution in [0.15, 0.2) is 23.1 Å². The highest BCUT2D eigenvalue weighted by Crippen LogP contribution is 2.21. The topological polar surface area (TPSA) is 43.4 Å². The van der Waals surface area contributed by atoms with Gasteiger partial charge in [0.05, 0.1) is 17.8 Å². The molecule has 0 aromatic heterocycles. The summed E-state index contributed by atoms with van der Waals surface area (Å²) in [6.07, 6.45) is 0. The van der Waals surface area contributed by atoms with E-state index in [0.717, 1.165) is 6.07 Å². The maximum atomic E-state index is 13.1. The molecule has 0 fully saturated rings. The molecule has 14 heavy (non-hydrogen) atoms. The highest BCUT2D eigenvalue weighted by molar-refractivity contribution is 7.91. The molecule has 1 aromatic rings. The van der Waals surface area contributed by atoms with E-state index in [0.29, 0.717) is 0 Å². The van der Waals surface area contributed by atoms with Crippen molar-refractivity contribution in [3.8, 4) is 5.75 Å². The number of halogens is 1. The number of sulfone groups is 1. The van der Waals surface area contributed by atoms with E-state index >= 15 is 0 Å². The lowest BCUT2D eigenvalue weighted by atomic mass is 10.3. The Morgan fingerprint density at radius 1 is 1.43 bits per heavy atom. The summed E-state index contributed by atoms with van der Waals surface area (Å²) in [7, 11) is -2.02. The fourth-order valence-electron chi connectivity index (χ4n) is 1.01. The van der Waals surface area contributed by atoms with E-state index in [1.807, 2.05) is 0 Å². The number of hydrogen-bond acceptors (Lipinski definition) is 3. The Bertz CT molecular complexity index is 426. The zero-order valence-corrected chi connectivity index (χ0v) is 8.77. The molecule has 0 aliphatic carbocycles. The van der Waals surface area contributed by atoms with Crippen LogP contribution in [0.2, 0.25) is 0 Å². The Balaban J connectivity index is 3.22. The van der Waals surface area contributed by atoms with E-state index in [1.54, 1.807) is 0 Å². The number of hydrogen-bond donors (Lipinski definition) is 0. The number of rotatable bonds is 3. The molecular weight excluding hydrogens is 207 g/mol. The largest absolute Gasteiger partial charge is 0.494 e.